The highest BCUT2D eigenvalue weighted by Gasteiger charge is 2.29. The normalized spacial score (nSPS) is 17.0. The van der Waals surface area contributed by atoms with E-state index in [0.29, 0.717) is 31.1 Å². The van der Waals surface area contributed by atoms with Gasteiger partial charge in [-0.25, -0.2) is 0 Å². The molecule has 0 bridgehead atoms. The number of hydrogen-bond acceptors (Lipinski definition) is 4. The average molecular weight is 329 g/mol. The first-order valence-corrected chi connectivity index (χ1v) is 8.35. The van der Waals surface area contributed by atoms with Crippen LogP contribution in [-0.2, 0) is 11.3 Å². The van der Waals surface area contributed by atoms with E-state index in [2.05, 4.69) is 5.10 Å². The van der Waals surface area contributed by atoms with Crippen LogP contribution in [-0.4, -0.2) is 50.5 Å². The molecule has 2 N–H and O–H groups in total. The summed E-state index contributed by atoms with van der Waals surface area (Å²) in [6.45, 7) is 1.80. The minimum atomic E-state index is -1.09. The van der Waals surface area contributed by atoms with E-state index in [1.54, 1.807) is 23.2 Å². The highest BCUT2D eigenvalue weighted by Crippen LogP contribution is 2.29. The molecule has 1 unspecified atom stereocenters. The van der Waals surface area contributed by atoms with E-state index >= 15 is 0 Å². The summed E-state index contributed by atoms with van der Waals surface area (Å²) in [5, 5.41) is 23.6. The van der Waals surface area contributed by atoms with E-state index in [4.69, 9.17) is 5.11 Å². The third-order valence-corrected chi connectivity index (χ3v) is 4.64. The summed E-state index contributed by atoms with van der Waals surface area (Å²) in [6, 6.07) is 11.0. The van der Waals surface area contributed by atoms with Gasteiger partial charge in [0, 0.05) is 30.9 Å². The molecular formula is C18H23N3O3. The van der Waals surface area contributed by atoms with Crippen LogP contribution in [0.15, 0.2) is 42.6 Å². The van der Waals surface area contributed by atoms with Gasteiger partial charge >= 0.3 is 0 Å². The maximum Gasteiger partial charge on any atom is 0.256 e. The number of carbonyl (C=O) groups excluding carboxylic acids is 1. The molecule has 1 aromatic carbocycles. The van der Waals surface area contributed by atoms with Crippen molar-refractivity contribution in [1.29, 1.82) is 0 Å². The summed E-state index contributed by atoms with van der Waals surface area (Å²) in [6.07, 6.45) is 2.33. The molecule has 2 heterocycles. The fraction of sp³-hybridized carbons (Fsp3) is 0.444. The Morgan fingerprint density at radius 3 is 2.58 bits per heavy atom. The van der Waals surface area contributed by atoms with E-state index in [0.717, 1.165) is 18.5 Å². The lowest BCUT2D eigenvalue weighted by Crippen LogP contribution is -2.41. The molecule has 0 saturated carbocycles. The number of aromatic nitrogens is 2. The Morgan fingerprint density at radius 1 is 1.21 bits per heavy atom. The fourth-order valence-corrected chi connectivity index (χ4v) is 3.32. The molecule has 0 radical (unpaired) electrons. The van der Waals surface area contributed by atoms with Crippen LogP contribution in [0.3, 0.4) is 0 Å². The molecule has 1 amide bonds. The molecule has 3 rings (SSSR count). The minimum absolute atomic E-state index is 0.0648. The van der Waals surface area contributed by atoms with Gasteiger partial charge in [-0.1, -0.05) is 30.3 Å². The Labute approximate surface area is 141 Å². The molecular weight excluding hydrogens is 306 g/mol. The van der Waals surface area contributed by atoms with Gasteiger partial charge in [0.05, 0.1) is 13.2 Å². The molecule has 0 aliphatic carbocycles. The number of aliphatic hydroxyl groups excluding tert-OH is 2. The summed E-state index contributed by atoms with van der Waals surface area (Å²) >= 11 is 0. The van der Waals surface area contributed by atoms with Crippen molar-refractivity contribution in [3.8, 4) is 0 Å². The second-order valence-corrected chi connectivity index (χ2v) is 6.12. The Hall–Kier alpha value is -2.18. The third-order valence-electron chi connectivity index (χ3n) is 4.64. The van der Waals surface area contributed by atoms with Crippen molar-refractivity contribution in [2.45, 2.75) is 31.4 Å². The van der Waals surface area contributed by atoms with Crippen LogP contribution in [0.5, 0.6) is 0 Å². The first-order valence-electron chi connectivity index (χ1n) is 8.35. The van der Waals surface area contributed by atoms with Crippen LogP contribution in [0.1, 0.15) is 36.1 Å². The Kier molecular flexibility index (Phi) is 5.27. The van der Waals surface area contributed by atoms with Crippen LogP contribution in [0.25, 0.3) is 0 Å². The summed E-state index contributed by atoms with van der Waals surface area (Å²) < 4.78 is 1.83. The number of benzene rings is 1. The van der Waals surface area contributed by atoms with Crippen LogP contribution in [0, 0.1) is 0 Å². The smallest absolute Gasteiger partial charge is 0.256 e. The van der Waals surface area contributed by atoms with Gasteiger partial charge in [0.1, 0.15) is 0 Å². The molecule has 1 aromatic heterocycles. The molecule has 2 aromatic rings. The summed E-state index contributed by atoms with van der Waals surface area (Å²) in [7, 11) is 0. The van der Waals surface area contributed by atoms with Crippen LogP contribution in [0.2, 0.25) is 0 Å². The number of amides is 1. The number of rotatable bonds is 5. The Balaban J connectivity index is 1.60. The Morgan fingerprint density at radius 2 is 1.92 bits per heavy atom. The van der Waals surface area contributed by atoms with Gasteiger partial charge in [-0.3, -0.25) is 9.48 Å². The zero-order valence-corrected chi connectivity index (χ0v) is 13.6. The monoisotopic (exact) mass is 329 g/mol. The van der Waals surface area contributed by atoms with Crippen molar-refractivity contribution >= 4 is 5.91 Å². The summed E-state index contributed by atoms with van der Waals surface area (Å²) in [5.74, 6) is 0.0977. The molecule has 6 nitrogen and oxygen atoms in total. The molecule has 1 aliphatic heterocycles. The largest absolute Gasteiger partial charge is 0.394 e. The third kappa shape index (κ3) is 3.49. The minimum Gasteiger partial charge on any atom is -0.394 e. The van der Waals surface area contributed by atoms with E-state index in [1.165, 1.54) is 0 Å². The van der Waals surface area contributed by atoms with Crippen molar-refractivity contribution in [2.24, 2.45) is 0 Å². The number of carbonyl (C=O) groups is 1. The maximum atomic E-state index is 12.5. The zero-order chi connectivity index (χ0) is 16.9. The summed E-state index contributed by atoms with van der Waals surface area (Å²) in [4.78, 5) is 14.2. The van der Waals surface area contributed by atoms with Gasteiger partial charge in [0.15, 0.2) is 6.10 Å². The van der Waals surface area contributed by atoms with Gasteiger partial charge in [0.2, 0.25) is 0 Å². The molecule has 1 saturated heterocycles. The first kappa shape index (κ1) is 16.7. The quantitative estimate of drug-likeness (QED) is 0.867. The van der Waals surface area contributed by atoms with E-state index in [1.807, 2.05) is 28.9 Å². The van der Waals surface area contributed by atoms with Gasteiger partial charge in [-0.15, -0.1) is 0 Å². The number of nitrogens with zero attached hydrogens (tertiary/aromatic N) is 3. The molecule has 1 atom stereocenters. The van der Waals surface area contributed by atoms with Crippen molar-refractivity contribution < 1.29 is 15.0 Å². The average Bonchev–Trinajstić information content (AvgIpc) is 3.10. The molecule has 128 valence electrons. The van der Waals surface area contributed by atoms with Gasteiger partial charge in [-0.05, 0) is 24.5 Å². The van der Waals surface area contributed by atoms with E-state index < -0.39 is 6.10 Å². The topological polar surface area (TPSA) is 78.6 Å². The highest BCUT2D eigenvalue weighted by molar-refractivity contribution is 5.82. The first-order chi connectivity index (χ1) is 11.7. The maximum absolute atomic E-state index is 12.5. The van der Waals surface area contributed by atoms with E-state index in [9.17, 15) is 9.90 Å². The second kappa shape index (κ2) is 7.59. The fourth-order valence-electron chi connectivity index (χ4n) is 3.32. The predicted molar refractivity (Wildman–Crippen MR) is 89.3 cm³/mol. The van der Waals surface area contributed by atoms with Crippen LogP contribution in [0.4, 0.5) is 0 Å². The lowest BCUT2D eigenvalue weighted by atomic mass is 9.93. The molecule has 24 heavy (non-hydrogen) atoms. The van der Waals surface area contributed by atoms with E-state index in [-0.39, 0.29) is 12.5 Å². The number of likely N-dealkylation sites (tertiary alicyclic amines) is 1. The number of hydrogen-bond donors (Lipinski definition) is 2. The lowest BCUT2D eigenvalue weighted by molar-refractivity contribution is -0.141. The van der Waals surface area contributed by atoms with Gasteiger partial charge in [0.25, 0.3) is 5.91 Å². The molecule has 1 aliphatic rings. The van der Waals surface area contributed by atoms with Crippen molar-refractivity contribution in [3.05, 3.63) is 53.9 Å². The molecule has 1 fully saturated rings. The van der Waals surface area contributed by atoms with Crippen molar-refractivity contribution in [1.82, 2.24) is 14.7 Å². The number of piperidine rings is 1. The SMILES string of the molecule is O=C(C(O)c1ccccc1)N1CCC(c2ccnn2CCO)CC1. The van der Waals surface area contributed by atoms with Crippen LogP contribution >= 0.6 is 0 Å². The second-order valence-electron chi connectivity index (χ2n) is 6.12. The molecule has 0 spiro atoms. The standard InChI is InChI=1S/C18H23N3O3/c22-13-12-21-16(6-9-19-21)14-7-10-20(11-8-14)18(24)17(23)15-4-2-1-3-5-15/h1-6,9,14,17,22-23H,7-8,10-13H2. The zero-order valence-electron chi connectivity index (χ0n) is 13.6. The Bertz CT molecular complexity index is 663. The molecule has 6 heteroatoms. The van der Waals surface area contributed by atoms with Crippen molar-refractivity contribution in [3.63, 3.8) is 0 Å². The number of aliphatic hydroxyl groups is 2. The highest BCUT2D eigenvalue weighted by atomic mass is 16.3. The van der Waals surface area contributed by atoms with Gasteiger partial charge in [-0.2, -0.15) is 5.10 Å². The summed E-state index contributed by atoms with van der Waals surface area (Å²) in [5.41, 5.74) is 1.74. The van der Waals surface area contributed by atoms with Crippen LogP contribution < -0.4 is 0 Å². The van der Waals surface area contributed by atoms with Crippen molar-refractivity contribution in [2.75, 3.05) is 19.7 Å². The lowest BCUT2D eigenvalue weighted by Gasteiger charge is -2.33. The van der Waals surface area contributed by atoms with Gasteiger partial charge < -0.3 is 15.1 Å². The predicted octanol–water partition coefficient (Wildman–Crippen LogP) is 1.31.